The second-order valence-electron chi connectivity index (χ2n) is 4.32. The molecule has 1 saturated heterocycles. The van der Waals surface area contributed by atoms with Gasteiger partial charge in [0.05, 0.1) is 4.92 Å². The Bertz CT molecular complexity index is 497. The molecular weight excluding hydrogens is 252 g/mol. The van der Waals surface area contributed by atoms with Crippen LogP contribution in [0.15, 0.2) is 18.2 Å². The van der Waals surface area contributed by atoms with E-state index in [-0.39, 0.29) is 17.5 Å². The minimum Gasteiger partial charge on any atom is -0.502 e. The molecule has 0 atom stereocenters. The van der Waals surface area contributed by atoms with Crippen molar-refractivity contribution in [1.29, 1.82) is 0 Å². The molecule has 0 unspecified atom stereocenters. The average Bonchev–Trinajstić information content (AvgIpc) is 2.40. The molecule has 0 spiro atoms. The Labute approximate surface area is 109 Å². The number of phenols is 1. The first kappa shape index (κ1) is 13.3. The second kappa shape index (κ2) is 5.66. The zero-order valence-electron chi connectivity index (χ0n) is 10.2. The van der Waals surface area contributed by atoms with E-state index in [9.17, 15) is 20.0 Å². The molecule has 1 aromatic rings. The molecule has 1 aromatic carbocycles. The number of rotatable bonds is 3. The first-order valence-electron chi connectivity index (χ1n) is 5.94. The maximum Gasteiger partial charge on any atom is 0.311 e. The van der Waals surface area contributed by atoms with Gasteiger partial charge in [-0.15, -0.1) is 0 Å². The number of aromatic hydroxyl groups is 1. The smallest absolute Gasteiger partial charge is 0.311 e. The number of phenolic OH excluding ortho intramolecular Hbond substituents is 1. The van der Waals surface area contributed by atoms with Gasteiger partial charge in [0.2, 0.25) is 0 Å². The predicted octanol–water partition coefficient (Wildman–Crippen LogP) is 1.21. The van der Waals surface area contributed by atoms with Crippen molar-refractivity contribution >= 4 is 11.6 Å². The molecule has 102 valence electrons. The van der Waals surface area contributed by atoms with Gasteiger partial charge in [-0.2, -0.15) is 0 Å². The summed E-state index contributed by atoms with van der Waals surface area (Å²) in [6, 6.07) is 3.60. The fourth-order valence-corrected chi connectivity index (χ4v) is 1.92. The molecule has 2 rings (SSSR count). The third-order valence-electron chi connectivity index (χ3n) is 2.99. The van der Waals surface area contributed by atoms with Gasteiger partial charge in [-0.05, 0) is 25.0 Å². The van der Waals surface area contributed by atoms with Crippen LogP contribution in [0.25, 0.3) is 0 Å². The molecule has 1 fully saturated rings. The first-order valence-corrected chi connectivity index (χ1v) is 5.94. The van der Waals surface area contributed by atoms with Gasteiger partial charge in [0.1, 0.15) is 0 Å². The molecule has 0 radical (unpaired) electrons. The number of carbonyl (C=O) groups is 1. The Morgan fingerprint density at radius 1 is 1.42 bits per heavy atom. The van der Waals surface area contributed by atoms with Crippen LogP contribution in [0.5, 0.6) is 5.75 Å². The summed E-state index contributed by atoms with van der Waals surface area (Å²) in [6.45, 7) is 1.20. The van der Waals surface area contributed by atoms with Gasteiger partial charge in [-0.25, -0.2) is 0 Å². The molecule has 0 bridgehead atoms. The largest absolute Gasteiger partial charge is 0.502 e. The molecule has 19 heavy (non-hydrogen) atoms. The first-order chi connectivity index (χ1) is 9.08. The molecular formula is C12H14N2O5. The Morgan fingerprint density at radius 3 is 2.74 bits per heavy atom. The van der Waals surface area contributed by atoms with E-state index in [2.05, 4.69) is 5.32 Å². The molecule has 0 aliphatic carbocycles. The van der Waals surface area contributed by atoms with Crippen molar-refractivity contribution < 1.29 is 19.6 Å². The van der Waals surface area contributed by atoms with Crippen LogP contribution >= 0.6 is 0 Å². The Morgan fingerprint density at radius 2 is 2.11 bits per heavy atom. The number of hydrogen-bond acceptors (Lipinski definition) is 5. The summed E-state index contributed by atoms with van der Waals surface area (Å²) in [5.74, 6) is -0.831. The number of hydrogen-bond donors (Lipinski definition) is 2. The number of carbonyl (C=O) groups excluding carboxylic acids is 1. The van der Waals surface area contributed by atoms with E-state index in [1.54, 1.807) is 0 Å². The lowest BCUT2D eigenvalue weighted by molar-refractivity contribution is -0.385. The molecule has 0 aromatic heterocycles. The highest BCUT2D eigenvalue weighted by molar-refractivity contribution is 5.95. The summed E-state index contributed by atoms with van der Waals surface area (Å²) in [6.07, 6.45) is 1.46. The van der Waals surface area contributed by atoms with E-state index in [1.165, 1.54) is 6.07 Å². The summed E-state index contributed by atoms with van der Waals surface area (Å²) in [4.78, 5) is 21.9. The fraction of sp³-hybridized carbons (Fsp3) is 0.417. The van der Waals surface area contributed by atoms with Crippen LogP contribution < -0.4 is 5.32 Å². The molecule has 0 saturated carbocycles. The minimum absolute atomic E-state index is 0.0223. The van der Waals surface area contributed by atoms with E-state index in [1.807, 2.05) is 0 Å². The van der Waals surface area contributed by atoms with E-state index >= 15 is 0 Å². The Balaban J connectivity index is 2.10. The monoisotopic (exact) mass is 266 g/mol. The van der Waals surface area contributed by atoms with Crippen LogP contribution in [0.4, 0.5) is 5.69 Å². The second-order valence-corrected chi connectivity index (χ2v) is 4.32. The van der Waals surface area contributed by atoms with Crippen LogP contribution in [0.3, 0.4) is 0 Å². The van der Waals surface area contributed by atoms with Gasteiger partial charge >= 0.3 is 5.69 Å². The summed E-state index contributed by atoms with van der Waals surface area (Å²) in [7, 11) is 0. The van der Waals surface area contributed by atoms with E-state index in [0.717, 1.165) is 25.0 Å². The lowest BCUT2D eigenvalue weighted by Crippen LogP contribution is -2.38. The molecule has 7 nitrogen and oxygen atoms in total. The van der Waals surface area contributed by atoms with Crippen LogP contribution in [0, 0.1) is 10.1 Å². The van der Waals surface area contributed by atoms with Crippen molar-refractivity contribution in [2.24, 2.45) is 0 Å². The molecule has 1 heterocycles. The van der Waals surface area contributed by atoms with Crippen molar-refractivity contribution in [3.8, 4) is 5.75 Å². The van der Waals surface area contributed by atoms with E-state index in [4.69, 9.17) is 4.74 Å². The number of benzene rings is 1. The predicted molar refractivity (Wildman–Crippen MR) is 66.1 cm³/mol. The van der Waals surface area contributed by atoms with Crippen molar-refractivity contribution in [2.45, 2.75) is 18.9 Å². The van der Waals surface area contributed by atoms with Crippen molar-refractivity contribution in [1.82, 2.24) is 5.32 Å². The lowest BCUT2D eigenvalue weighted by Gasteiger charge is -2.23. The standard InChI is InChI=1S/C12H14N2O5/c15-11-2-1-8(7-10(11)14(17)18)12(16)13-9-3-5-19-6-4-9/h1-2,7,9,15H,3-6H2,(H,13,16). The third-order valence-corrected chi connectivity index (χ3v) is 2.99. The molecule has 7 heteroatoms. The van der Waals surface area contributed by atoms with Gasteiger partial charge < -0.3 is 15.2 Å². The number of nitrogens with zero attached hydrogens (tertiary/aromatic N) is 1. The van der Waals surface area contributed by atoms with Gasteiger partial charge in [-0.1, -0.05) is 0 Å². The van der Waals surface area contributed by atoms with Crippen molar-refractivity contribution in [3.63, 3.8) is 0 Å². The number of amides is 1. The fourth-order valence-electron chi connectivity index (χ4n) is 1.92. The zero-order chi connectivity index (χ0) is 13.8. The molecule has 1 aliphatic rings. The Kier molecular flexibility index (Phi) is 3.96. The van der Waals surface area contributed by atoms with E-state index < -0.39 is 16.4 Å². The number of nitro groups is 1. The summed E-state index contributed by atoms with van der Waals surface area (Å²) < 4.78 is 5.18. The van der Waals surface area contributed by atoms with Crippen LogP contribution in [-0.2, 0) is 4.74 Å². The lowest BCUT2D eigenvalue weighted by atomic mass is 10.1. The number of nitro benzene ring substituents is 1. The third kappa shape index (κ3) is 3.19. The molecule has 1 amide bonds. The van der Waals surface area contributed by atoms with Gasteiger partial charge in [0, 0.05) is 30.9 Å². The molecule has 1 aliphatic heterocycles. The maximum atomic E-state index is 11.9. The van der Waals surface area contributed by atoms with E-state index in [0.29, 0.717) is 13.2 Å². The normalized spacial score (nSPS) is 16.0. The summed E-state index contributed by atoms with van der Waals surface area (Å²) >= 11 is 0. The topological polar surface area (TPSA) is 102 Å². The van der Waals surface area contributed by atoms with Gasteiger partial charge in [0.25, 0.3) is 5.91 Å². The van der Waals surface area contributed by atoms with Crippen molar-refractivity contribution in [3.05, 3.63) is 33.9 Å². The quantitative estimate of drug-likeness (QED) is 0.632. The highest BCUT2D eigenvalue weighted by Crippen LogP contribution is 2.26. The van der Waals surface area contributed by atoms with Gasteiger partial charge in [0.15, 0.2) is 5.75 Å². The zero-order valence-corrected chi connectivity index (χ0v) is 10.2. The highest BCUT2D eigenvalue weighted by atomic mass is 16.6. The summed E-state index contributed by atoms with van der Waals surface area (Å²) in [5.41, 5.74) is -0.310. The van der Waals surface area contributed by atoms with Crippen molar-refractivity contribution in [2.75, 3.05) is 13.2 Å². The van der Waals surface area contributed by atoms with Crippen LogP contribution in [0.1, 0.15) is 23.2 Å². The van der Waals surface area contributed by atoms with Gasteiger partial charge in [-0.3, -0.25) is 14.9 Å². The van der Waals surface area contributed by atoms with Crippen LogP contribution in [-0.4, -0.2) is 35.2 Å². The number of nitrogens with one attached hydrogen (secondary N) is 1. The SMILES string of the molecule is O=C(NC1CCOCC1)c1ccc(O)c([N+](=O)[O-])c1. The summed E-state index contributed by atoms with van der Waals surface area (Å²) in [5, 5.41) is 22.8. The van der Waals surface area contributed by atoms with Crippen LogP contribution in [0.2, 0.25) is 0 Å². The highest BCUT2D eigenvalue weighted by Gasteiger charge is 2.20. The average molecular weight is 266 g/mol. The number of ether oxygens (including phenoxy) is 1. The molecule has 2 N–H and O–H groups in total. The maximum absolute atomic E-state index is 11.9. The Hall–Kier alpha value is -2.15. The minimum atomic E-state index is -0.722.